The molecule has 1 N–H and O–H groups in total. The third-order valence-electron chi connectivity index (χ3n) is 10.2. The molecule has 0 heterocycles. The van der Waals surface area contributed by atoms with E-state index in [4.69, 9.17) is 18.5 Å². The molecule has 10 heteroatoms. The van der Waals surface area contributed by atoms with Gasteiger partial charge in [-0.3, -0.25) is 18.6 Å². The molecule has 0 fully saturated rings. The Labute approximate surface area is 357 Å². The van der Waals surface area contributed by atoms with Crippen LogP contribution in [-0.2, 0) is 32.7 Å². The number of nitrogens with zero attached hydrogens (tertiary/aromatic N) is 1. The van der Waals surface area contributed by atoms with Gasteiger partial charge in [-0.05, 0) is 44.9 Å². The van der Waals surface area contributed by atoms with E-state index in [9.17, 15) is 19.0 Å². The fraction of sp³-hybridized carbons (Fsp3) is 0.833. The molecule has 0 aliphatic heterocycles. The van der Waals surface area contributed by atoms with Crippen molar-refractivity contribution in [3.05, 3.63) is 36.5 Å². The third kappa shape index (κ3) is 43.8. The summed E-state index contributed by atoms with van der Waals surface area (Å²) in [5.74, 6) is -0.811. The number of phosphoric ester groups is 1. The van der Waals surface area contributed by atoms with Gasteiger partial charge in [0.05, 0.1) is 27.7 Å². The van der Waals surface area contributed by atoms with Crippen LogP contribution >= 0.6 is 7.82 Å². The molecule has 340 valence electrons. The first kappa shape index (κ1) is 56.2. The lowest BCUT2D eigenvalue weighted by Gasteiger charge is -2.24. The first-order valence-electron chi connectivity index (χ1n) is 23.7. The van der Waals surface area contributed by atoms with Gasteiger partial charge in [0.25, 0.3) is 0 Å². The van der Waals surface area contributed by atoms with Crippen LogP contribution in [-0.4, -0.2) is 74.9 Å². The molecular formula is C48H91NO8P+. The highest BCUT2D eigenvalue weighted by Crippen LogP contribution is 2.43. The second-order valence-electron chi connectivity index (χ2n) is 17.1. The SMILES string of the molecule is CC/C=C/C/C=C/C/C=C/CCCCCCCC(=O)OC[C@H](COP(=O)(O)OCC[N+](C)(C)C)OC(=O)CCCCCCCCCCCCCCCCCCCCC. The molecule has 58 heavy (non-hydrogen) atoms. The minimum Gasteiger partial charge on any atom is -0.462 e. The van der Waals surface area contributed by atoms with Crippen molar-refractivity contribution in [3.8, 4) is 0 Å². The van der Waals surface area contributed by atoms with Crippen LogP contribution in [0.4, 0.5) is 0 Å². The number of rotatable bonds is 43. The van der Waals surface area contributed by atoms with Crippen LogP contribution in [0, 0.1) is 0 Å². The fourth-order valence-electron chi connectivity index (χ4n) is 6.50. The number of phosphoric acid groups is 1. The van der Waals surface area contributed by atoms with E-state index in [0.717, 1.165) is 70.6 Å². The van der Waals surface area contributed by atoms with Gasteiger partial charge in [-0.2, -0.15) is 0 Å². The lowest BCUT2D eigenvalue weighted by Crippen LogP contribution is -2.37. The zero-order valence-electron chi connectivity index (χ0n) is 38.3. The smallest absolute Gasteiger partial charge is 0.462 e. The van der Waals surface area contributed by atoms with Crippen LogP contribution in [0.2, 0.25) is 0 Å². The van der Waals surface area contributed by atoms with Crippen LogP contribution in [0.1, 0.15) is 206 Å². The maximum Gasteiger partial charge on any atom is 0.472 e. The van der Waals surface area contributed by atoms with Crippen LogP contribution in [0.25, 0.3) is 0 Å². The summed E-state index contributed by atoms with van der Waals surface area (Å²) in [4.78, 5) is 35.4. The molecule has 9 nitrogen and oxygen atoms in total. The van der Waals surface area contributed by atoms with E-state index in [-0.39, 0.29) is 32.0 Å². The van der Waals surface area contributed by atoms with Gasteiger partial charge < -0.3 is 18.9 Å². The average molecular weight is 841 g/mol. The Morgan fingerprint density at radius 2 is 0.983 bits per heavy atom. The summed E-state index contributed by atoms with van der Waals surface area (Å²) >= 11 is 0. The predicted molar refractivity (Wildman–Crippen MR) is 243 cm³/mol. The van der Waals surface area contributed by atoms with Gasteiger partial charge in [-0.15, -0.1) is 0 Å². The molecular weight excluding hydrogens is 750 g/mol. The number of hydrogen-bond donors (Lipinski definition) is 1. The molecule has 0 radical (unpaired) electrons. The Kier molecular flexibility index (Phi) is 39.4. The van der Waals surface area contributed by atoms with E-state index in [1.165, 1.54) is 103 Å². The number of likely N-dealkylation sites (N-methyl/N-ethyl adjacent to an activating group) is 1. The molecule has 0 spiro atoms. The van der Waals surface area contributed by atoms with Crippen LogP contribution < -0.4 is 0 Å². The quantitative estimate of drug-likeness (QED) is 0.0213. The summed E-state index contributed by atoms with van der Waals surface area (Å²) in [6.07, 6.45) is 46.2. The minimum atomic E-state index is -4.38. The number of hydrogen-bond acceptors (Lipinski definition) is 7. The highest BCUT2D eigenvalue weighted by molar-refractivity contribution is 7.47. The second kappa shape index (κ2) is 40.6. The molecule has 0 amide bonds. The van der Waals surface area contributed by atoms with E-state index in [1.807, 2.05) is 21.1 Å². The Bertz CT molecular complexity index is 1090. The van der Waals surface area contributed by atoms with Gasteiger partial charge in [-0.25, -0.2) is 4.57 Å². The molecule has 0 saturated carbocycles. The van der Waals surface area contributed by atoms with Crippen molar-refractivity contribution in [2.75, 3.05) is 47.5 Å². The van der Waals surface area contributed by atoms with Crippen LogP contribution in [0.15, 0.2) is 36.5 Å². The van der Waals surface area contributed by atoms with Crippen molar-refractivity contribution in [2.45, 2.75) is 213 Å². The first-order valence-corrected chi connectivity index (χ1v) is 25.2. The summed E-state index contributed by atoms with van der Waals surface area (Å²) in [6, 6.07) is 0. The predicted octanol–water partition coefficient (Wildman–Crippen LogP) is 13.7. The average Bonchev–Trinajstić information content (AvgIpc) is 3.17. The molecule has 0 rings (SSSR count). The zero-order chi connectivity index (χ0) is 42.8. The Hall–Kier alpha value is -1.77. The van der Waals surface area contributed by atoms with Gasteiger partial charge in [0.2, 0.25) is 0 Å². The topological polar surface area (TPSA) is 108 Å². The molecule has 2 atom stereocenters. The number of carbonyl (C=O) groups is 2. The van der Waals surface area contributed by atoms with Crippen molar-refractivity contribution < 1.29 is 42.1 Å². The number of ether oxygens (including phenoxy) is 2. The van der Waals surface area contributed by atoms with E-state index in [2.05, 4.69) is 50.3 Å². The van der Waals surface area contributed by atoms with E-state index in [0.29, 0.717) is 17.4 Å². The second-order valence-corrected chi connectivity index (χ2v) is 18.6. The van der Waals surface area contributed by atoms with Crippen molar-refractivity contribution in [2.24, 2.45) is 0 Å². The normalized spacial score (nSPS) is 13.8. The molecule has 0 aliphatic rings. The number of esters is 2. The van der Waals surface area contributed by atoms with E-state index < -0.39 is 26.5 Å². The third-order valence-corrected chi connectivity index (χ3v) is 11.2. The molecule has 1 unspecified atom stereocenters. The first-order chi connectivity index (χ1) is 28.0. The Morgan fingerprint density at radius 3 is 1.47 bits per heavy atom. The number of carbonyl (C=O) groups excluding carboxylic acids is 2. The Balaban J connectivity index is 4.29. The zero-order valence-corrected chi connectivity index (χ0v) is 39.2. The summed E-state index contributed by atoms with van der Waals surface area (Å²) < 4.78 is 34.4. The van der Waals surface area contributed by atoms with E-state index >= 15 is 0 Å². The number of quaternary nitrogens is 1. The van der Waals surface area contributed by atoms with Gasteiger partial charge in [0.1, 0.15) is 19.8 Å². The minimum absolute atomic E-state index is 0.0296. The molecule has 0 aliphatic carbocycles. The van der Waals surface area contributed by atoms with Crippen LogP contribution in [0.3, 0.4) is 0 Å². The lowest BCUT2D eigenvalue weighted by atomic mass is 10.0. The molecule has 0 aromatic rings. The van der Waals surface area contributed by atoms with Crippen molar-refractivity contribution in [1.82, 2.24) is 0 Å². The molecule has 0 bridgehead atoms. The summed E-state index contributed by atoms with van der Waals surface area (Å²) in [5, 5.41) is 0. The number of allylic oxidation sites excluding steroid dienone is 6. The highest BCUT2D eigenvalue weighted by Gasteiger charge is 2.27. The monoisotopic (exact) mass is 841 g/mol. The molecule has 0 saturated heterocycles. The van der Waals surface area contributed by atoms with Crippen molar-refractivity contribution in [1.29, 1.82) is 0 Å². The lowest BCUT2D eigenvalue weighted by molar-refractivity contribution is -0.870. The maximum atomic E-state index is 12.7. The molecule has 0 aromatic carbocycles. The van der Waals surface area contributed by atoms with Crippen LogP contribution in [0.5, 0.6) is 0 Å². The largest absolute Gasteiger partial charge is 0.472 e. The van der Waals surface area contributed by atoms with Crippen molar-refractivity contribution in [3.63, 3.8) is 0 Å². The van der Waals surface area contributed by atoms with Gasteiger partial charge in [-0.1, -0.05) is 185 Å². The van der Waals surface area contributed by atoms with Gasteiger partial charge in [0, 0.05) is 12.8 Å². The van der Waals surface area contributed by atoms with Gasteiger partial charge >= 0.3 is 19.8 Å². The summed E-state index contributed by atoms with van der Waals surface area (Å²) in [7, 11) is 1.47. The Morgan fingerprint density at radius 1 is 0.552 bits per heavy atom. The summed E-state index contributed by atoms with van der Waals surface area (Å²) in [5.41, 5.74) is 0. The maximum absolute atomic E-state index is 12.7. The molecule has 0 aromatic heterocycles. The van der Waals surface area contributed by atoms with Gasteiger partial charge in [0.15, 0.2) is 6.10 Å². The fourth-order valence-corrected chi connectivity index (χ4v) is 7.24. The van der Waals surface area contributed by atoms with Crippen molar-refractivity contribution >= 4 is 19.8 Å². The number of unbranched alkanes of at least 4 members (excludes halogenated alkanes) is 23. The highest BCUT2D eigenvalue weighted by atomic mass is 31.2. The summed E-state index contributed by atoms with van der Waals surface area (Å²) in [6.45, 7) is 4.31. The van der Waals surface area contributed by atoms with E-state index in [1.54, 1.807) is 0 Å². The standard InChI is InChI=1S/C48H90NO8P/c1-6-8-10-12-14-16-18-20-22-23-24-25-27-29-31-33-35-37-39-41-48(51)57-46(45-56-58(52,53)55-43-42-49(3,4)5)44-54-47(50)40-38-36-34-32-30-28-26-21-19-17-15-13-11-9-7-2/h9,11,15,17,21,26,46H,6-8,10,12-14,16,18-20,22-25,27-45H2,1-5H3/p+1/b11-9+,17-15+,26-21+/t46-/m1/s1.